The molecule has 0 atom stereocenters. The van der Waals surface area contributed by atoms with Crippen molar-refractivity contribution in [2.75, 3.05) is 0 Å². The standard InChI is InChI=1S/C22H10F3N7O2/c23-22(24,25)12-2-1-3-13(6-12)32-19-14(20(33)31-21(32)34)10-27-16-5-4-15(30-18(16)19)11-8-28-17(7-26)29-9-11/h1-6,8-10H,(H,31,33,34). The predicted octanol–water partition coefficient (Wildman–Crippen LogP) is 2.97. The van der Waals surface area contributed by atoms with E-state index in [0.29, 0.717) is 16.8 Å². The highest BCUT2D eigenvalue weighted by Crippen LogP contribution is 2.31. The molecule has 1 aromatic carbocycles. The predicted molar refractivity (Wildman–Crippen MR) is 114 cm³/mol. The summed E-state index contributed by atoms with van der Waals surface area (Å²) in [4.78, 5) is 43.9. The topological polar surface area (TPSA) is 130 Å². The maximum absolute atomic E-state index is 13.3. The highest BCUT2D eigenvalue weighted by Gasteiger charge is 2.31. The van der Waals surface area contributed by atoms with Gasteiger partial charge in [0, 0.05) is 24.2 Å². The van der Waals surface area contributed by atoms with Gasteiger partial charge in [-0.1, -0.05) is 6.07 Å². The molecule has 12 heteroatoms. The molecule has 0 aliphatic rings. The van der Waals surface area contributed by atoms with Gasteiger partial charge in [0.25, 0.3) is 5.56 Å². The molecule has 0 saturated heterocycles. The highest BCUT2D eigenvalue weighted by atomic mass is 19.4. The molecule has 0 aliphatic heterocycles. The van der Waals surface area contributed by atoms with Crippen LogP contribution in [-0.4, -0.2) is 29.5 Å². The van der Waals surface area contributed by atoms with E-state index >= 15 is 0 Å². The third-order valence-electron chi connectivity index (χ3n) is 5.06. The summed E-state index contributed by atoms with van der Waals surface area (Å²) in [6.07, 6.45) is -0.648. The number of nitrogens with one attached hydrogen (secondary N) is 1. The van der Waals surface area contributed by atoms with Crippen LogP contribution < -0.4 is 11.2 Å². The van der Waals surface area contributed by atoms with E-state index in [4.69, 9.17) is 5.26 Å². The minimum Gasteiger partial charge on any atom is -0.273 e. The van der Waals surface area contributed by atoms with E-state index < -0.39 is 23.0 Å². The zero-order valence-electron chi connectivity index (χ0n) is 16.8. The number of benzene rings is 1. The summed E-state index contributed by atoms with van der Waals surface area (Å²) in [6.45, 7) is 0. The van der Waals surface area contributed by atoms with Gasteiger partial charge in [0.1, 0.15) is 11.6 Å². The summed E-state index contributed by atoms with van der Waals surface area (Å²) >= 11 is 0. The molecule has 5 rings (SSSR count). The van der Waals surface area contributed by atoms with Crippen LogP contribution in [0.2, 0.25) is 0 Å². The summed E-state index contributed by atoms with van der Waals surface area (Å²) in [7, 11) is 0. The maximum Gasteiger partial charge on any atom is 0.416 e. The number of aromatic nitrogens is 6. The summed E-state index contributed by atoms with van der Waals surface area (Å²) in [6, 6.07) is 9.16. The van der Waals surface area contributed by atoms with Gasteiger partial charge in [-0.25, -0.2) is 19.7 Å². The van der Waals surface area contributed by atoms with E-state index in [1.165, 1.54) is 24.7 Å². The minimum atomic E-state index is -4.64. The molecule has 34 heavy (non-hydrogen) atoms. The Kier molecular flexibility index (Phi) is 4.68. The molecule has 0 bridgehead atoms. The van der Waals surface area contributed by atoms with Crippen LogP contribution in [0.4, 0.5) is 13.2 Å². The number of H-pyrrole nitrogens is 1. The van der Waals surface area contributed by atoms with Gasteiger partial charge in [-0.2, -0.15) is 18.4 Å². The van der Waals surface area contributed by atoms with Gasteiger partial charge in [-0.15, -0.1) is 0 Å². The molecule has 0 aliphatic carbocycles. The van der Waals surface area contributed by atoms with Crippen molar-refractivity contribution in [3.05, 3.63) is 87.2 Å². The first kappa shape index (κ1) is 21.0. The SMILES string of the molecule is N#Cc1ncc(-c2ccc3ncc4c(=O)[nH]c(=O)n(-c5cccc(C(F)(F)F)c5)c4c3n2)cn1. The lowest BCUT2D eigenvalue weighted by atomic mass is 10.1. The molecular weight excluding hydrogens is 451 g/mol. The number of alkyl halides is 3. The second-order valence-corrected chi connectivity index (χ2v) is 7.13. The Bertz CT molecular complexity index is 1750. The van der Waals surface area contributed by atoms with Crippen molar-refractivity contribution in [1.82, 2.24) is 29.5 Å². The fourth-order valence-corrected chi connectivity index (χ4v) is 3.51. The number of nitriles is 1. The lowest BCUT2D eigenvalue weighted by molar-refractivity contribution is -0.137. The van der Waals surface area contributed by atoms with E-state index in [2.05, 4.69) is 24.9 Å². The van der Waals surface area contributed by atoms with Crippen molar-refractivity contribution >= 4 is 21.9 Å². The van der Waals surface area contributed by atoms with Crippen LogP contribution in [0.25, 0.3) is 38.9 Å². The van der Waals surface area contributed by atoms with Crippen molar-refractivity contribution < 1.29 is 13.2 Å². The molecule has 5 aromatic rings. The average Bonchev–Trinajstić information content (AvgIpc) is 2.83. The maximum atomic E-state index is 13.3. The fourth-order valence-electron chi connectivity index (χ4n) is 3.51. The van der Waals surface area contributed by atoms with E-state index in [9.17, 15) is 22.8 Å². The number of nitrogens with zero attached hydrogens (tertiary/aromatic N) is 6. The van der Waals surface area contributed by atoms with E-state index in [1.54, 1.807) is 18.2 Å². The average molecular weight is 461 g/mol. The van der Waals surface area contributed by atoms with Crippen LogP contribution in [0.1, 0.15) is 11.4 Å². The molecule has 0 amide bonds. The van der Waals surface area contributed by atoms with Crippen LogP contribution in [0.3, 0.4) is 0 Å². The number of pyridine rings is 2. The van der Waals surface area contributed by atoms with Crippen LogP contribution >= 0.6 is 0 Å². The molecule has 4 aromatic heterocycles. The quantitative estimate of drug-likeness (QED) is 0.400. The normalized spacial score (nSPS) is 11.6. The van der Waals surface area contributed by atoms with E-state index in [1.807, 2.05) is 0 Å². The van der Waals surface area contributed by atoms with Crippen molar-refractivity contribution in [1.29, 1.82) is 5.26 Å². The molecule has 4 heterocycles. The molecule has 0 radical (unpaired) electrons. The van der Waals surface area contributed by atoms with Crippen molar-refractivity contribution in [2.24, 2.45) is 0 Å². The zero-order valence-corrected chi connectivity index (χ0v) is 16.8. The van der Waals surface area contributed by atoms with Gasteiger partial charge in [0.05, 0.1) is 33.4 Å². The zero-order chi connectivity index (χ0) is 24.0. The Balaban J connectivity index is 1.86. The van der Waals surface area contributed by atoms with Gasteiger partial charge in [-0.3, -0.25) is 19.3 Å². The second-order valence-electron chi connectivity index (χ2n) is 7.13. The largest absolute Gasteiger partial charge is 0.416 e. The summed E-state index contributed by atoms with van der Waals surface area (Å²) in [5.74, 6) is -0.0402. The molecule has 166 valence electrons. The van der Waals surface area contributed by atoms with Crippen LogP contribution in [0.15, 0.2) is 64.6 Å². The summed E-state index contributed by atoms with van der Waals surface area (Å²) < 4.78 is 40.9. The highest BCUT2D eigenvalue weighted by molar-refractivity contribution is 6.01. The molecule has 0 saturated carbocycles. The molecule has 0 fully saturated rings. The first-order valence-corrected chi connectivity index (χ1v) is 9.61. The number of halogens is 3. The van der Waals surface area contributed by atoms with Crippen LogP contribution in [-0.2, 0) is 6.18 Å². The summed E-state index contributed by atoms with van der Waals surface area (Å²) in [5.41, 5.74) is -1.57. The van der Waals surface area contributed by atoms with Crippen molar-refractivity contribution in [3.63, 3.8) is 0 Å². The molecule has 9 nitrogen and oxygen atoms in total. The van der Waals surface area contributed by atoms with Crippen molar-refractivity contribution in [3.8, 4) is 23.0 Å². The Morgan fingerprint density at radius 3 is 2.47 bits per heavy atom. The lowest BCUT2D eigenvalue weighted by Gasteiger charge is -2.14. The number of aromatic amines is 1. The van der Waals surface area contributed by atoms with E-state index in [-0.39, 0.29) is 27.9 Å². The molecule has 0 unspecified atom stereocenters. The van der Waals surface area contributed by atoms with E-state index in [0.717, 1.165) is 22.8 Å². The van der Waals surface area contributed by atoms with Gasteiger partial charge < -0.3 is 0 Å². The Morgan fingerprint density at radius 1 is 1.00 bits per heavy atom. The Hall–Kier alpha value is -4.92. The van der Waals surface area contributed by atoms with Gasteiger partial charge in [-0.05, 0) is 30.3 Å². The lowest BCUT2D eigenvalue weighted by Crippen LogP contribution is -2.29. The third kappa shape index (κ3) is 3.45. The number of hydrogen-bond acceptors (Lipinski definition) is 7. The fraction of sp³-hybridized carbons (Fsp3) is 0.0455. The molecule has 0 spiro atoms. The Morgan fingerprint density at radius 2 is 1.76 bits per heavy atom. The smallest absolute Gasteiger partial charge is 0.273 e. The first-order valence-electron chi connectivity index (χ1n) is 9.61. The third-order valence-corrected chi connectivity index (χ3v) is 5.06. The summed E-state index contributed by atoms with van der Waals surface area (Å²) in [5, 5.41) is 8.85. The molecule has 1 N–H and O–H groups in total. The van der Waals surface area contributed by atoms with Crippen LogP contribution in [0, 0.1) is 11.3 Å². The van der Waals surface area contributed by atoms with Crippen molar-refractivity contribution in [2.45, 2.75) is 6.18 Å². The van der Waals surface area contributed by atoms with Crippen LogP contribution in [0.5, 0.6) is 0 Å². The number of rotatable bonds is 2. The monoisotopic (exact) mass is 461 g/mol. The molecular formula is C22H10F3N7O2. The van der Waals surface area contributed by atoms with Gasteiger partial charge in [0.2, 0.25) is 5.82 Å². The van der Waals surface area contributed by atoms with Gasteiger partial charge in [0.15, 0.2) is 0 Å². The second kappa shape index (κ2) is 7.59. The number of hydrogen-bond donors (Lipinski definition) is 1. The Labute approximate surface area is 186 Å². The number of fused-ring (bicyclic) bond motifs is 3. The first-order chi connectivity index (χ1) is 16.3. The van der Waals surface area contributed by atoms with Gasteiger partial charge >= 0.3 is 11.9 Å². The minimum absolute atomic E-state index is 0.00510.